The van der Waals surface area contributed by atoms with E-state index in [4.69, 9.17) is 19.3 Å². The average Bonchev–Trinajstić information content (AvgIpc) is 2.85. The van der Waals surface area contributed by atoms with Crippen LogP contribution in [0.15, 0.2) is 36.1 Å². The van der Waals surface area contributed by atoms with Crippen molar-refractivity contribution in [2.24, 2.45) is 0 Å². The summed E-state index contributed by atoms with van der Waals surface area (Å²) in [7, 11) is 3.21. The van der Waals surface area contributed by atoms with Crippen LogP contribution in [0.1, 0.15) is 73.2 Å². The van der Waals surface area contributed by atoms with Crippen LogP contribution in [-0.2, 0) is 19.0 Å². The molecule has 1 aliphatic heterocycles. The van der Waals surface area contributed by atoms with Crippen LogP contribution < -0.4 is 0 Å². The molecule has 0 radical (unpaired) electrons. The Balaban J connectivity index is 1.77. The number of benzene rings is 1. The molecular formula is C25H35NO6. The molecule has 1 fully saturated rings. The van der Waals surface area contributed by atoms with Gasteiger partial charge in [-0.1, -0.05) is 31.4 Å². The zero-order chi connectivity index (χ0) is 22.9. The molecule has 0 saturated heterocycles. The molecule has 32 heavy (non-hydrogen) atoms. The Morgan fingerprint density at radius 3 is 2.50 bits per heavy atom. The number of methoxy groups -OCH3 is 1. The summed E-state index contributed by atoms with van der Waals surface area (Å²) in [6, 6.07) is 7.47. The lowest BCUT2D eigenvalue weighted by Gasteiger charge is -2.34. The van der Waals surface area contributed by atoms with Gasteiger partial charge in [0.1, 0.15) is 0 Å². The van der Waals surface area contributed by atoms with Crippen LogP contribution >= 0.6 is 0 Å². The van der Waals surface area contributed by atoms with Crippen LogP contribution in [0.25, 0.3) is 0 Å². The van der Waals surface area contributed by atoms with Crippen LogP contribution in [0.2, 0.25) is 0 Å². The topological polar surface area (TPSA) is 85.3 Å². The SMILES string of the molecule is COC(=O)c1ccc(C2C=C(C(=O)N(C)C3CCCCC3)OC(OCCCCO)C2)cc1. The highest BCUT2D eigenvalue weighted by molar-refractivity contribution is 5.92. The minimum absolute atomic E-state index is 0.0722. The van der Waals surface area contributed by atoms with E-state index in [1.807, 2.05) is 30.2 Å². The van der Waals surface area contributed by atoms with Gasteiger partial charge in [0.25, 0.3) is 5.91 Å². The van der Waals surface area contributed by atoms with Crippen molar-refractivity contribution < 1.29 is 28.9 Å². The molecule has 2 aliphatic rings. The van der Waals surface area contributed by atoms with Crippen molar-refractivity contribution in [1.82, 2.24) is 4.90 Å². The maximum Gasteiger partial charge on any atom is 0.337 e. The van der Waals surface area contributed by atoms with Crippen molar-refractivity contribution in [2.45, 2.75) is 69.6 Å². The van der Waals surface area contributed by atoms with Gasteiger partial charge in [-0.15, -0.1) is 0 Å². The third-order valence-electron chi connectivity index (χ3n) is 6.33. The van der Waals surface area contributed by atoms with Gasteiger partial charge in [-0.25, -0.2) is 4.79 Å². The van der Waals surface area contributed by atoms with Crippen LogP contribution in [-0.4, -0.2) is 61.6 Å². The first-order chi connectivity index (χ1) is 15.5. The zero-order valence-electron chi connectivity index (χ0n) is 19.1. The molecule has 176 valence electrons. The van der Waals surface area contributed by atoms with Crippen molar-refractivity contribution in [1.29, 1.82) is 0 Å². The Hall–Kier alpha value is -2.38. The summed E-state index contributed by atoms with van der Waals surface area (Å²) in [5, 5.41) is 8.99. The fourth-order valence-corrected chi connectivity index (χ4v) is 4.36. The van der Waals surface area contributed by atoms with E-state index < -0.39 is 6.29 Å². The van der Waals surface area contributed by atoms with E-state index in [1.54, 1.807) is 12.1 Å². The molecule has 7 heteroatoms. The van der Waals surface area contributed by atoms with E-state index in [0.717, 1.165) is 37.7 Å². The van der Waals surface area contributed by atoms with Crippen molar-refractivity contribution in [3.63, 3.8) is 0 Å². The predicted molar refractivity (Wildman–Crippen MR) is 120 cm³/mol. The number of nitrogens with zero attached hydrogens (tertiary/aromatic N) is 1. The highest BCUT2D eigenvalue weighted by Gasteiger charge is 2.32. The molecule has 1 aromatic carbocycles. The van der Waals surface area contributed by atoms with Crippen LogP contribution in [0.3, 0.4) is 0 Å². The molecule has 1 amide bonds. The van der Waals surface area contributed by atoms with E-state index in [2.05, 4.69) is 0 Å². The lowest BCUT2D eigenvalue weighted by Crippen LogP contribution is -2.41. The number of carbonyl (C=O) groups is 2. The first kappa shape index (κ1) is 24.3. The third-order valence-corrected chi connectivity index (χ3v) is 6.33. The van der Waals surface area contributed by atoms with Crippen molar-refractivity contribution in [2.75, 3.05) is 27.4 Å². The van der Waals surface area contributed by atoms with Gasteiger partial charge in [0.15, 0.2) is 5.76 Å². The summed E-state index contributed by atoms with van der Waals surface area (Å²) in [5.41, 5.74) is 1.47. The second kappa shape index (κ2) is 12.0. The molecular weight excluding hydrogens is 410 g/mol. The Labute approximate surface area is 190 Å². The van der Waals surface area contributed by atoms with Crippen molar-refractivity contribution in [3.8, 4) is 0 Å². The molecule has 1 N–H and O–H groups in total. The van der Waals surface area contributed by atoms with E-state index >= 15 is 0 Å². The van der Waals surface area contributed by atoms with Gasteiger partial charge in [0.2, 0.25) is 6.29 Å². The molecule has 1 aromatic rings. The summed E-state index contributed by atoms with van der Waals surface area (Å²) in [6.45, 7) is 0.582. The van der Waals surface area contributed by atoms with E-state index in [1.165, 1.54) is 13.5 Å². The Bertz CT molecular complexity index is 784. The standard InChI is InChI=1S/C25H35NO6/c1-26(21-8-4-3-5-9-21)24(28)22-16-20(17-23(32-22)31-15-7-6-14-27)18-10-12-19(13-11-18)25(29)30-2/h10-13,16,20-21,23,27H,3-9,14-15,17H2,1-2H3. The van der Waals surface area contributed by atoms with Crippen molar-refractivity contribution in [3.05, 3.63) is 47.2 Å². The normalized spacial score (nSPS) is 21.4. The summed E-state index contributed by atoms with van der Waals surface area (Å²) < 4.78 is 16.7. The molecule has 2 unspecified atom stereocenters. The van der Waals surface area contributed by atoms with E-state index in [-0.39, 0.29) is 30.4 Å². The fourth-order valence-electron chi connectivity index (χ4n) is 4.36. The second-order valence-corrected chi connectivity index (χ2v) is 8.54. The molecule has 1 heterocycles. The first-order valence-corrected chi connectivity index (χ1v) is 11.6. The molecule has 3 rings (SSSR count). The largest absolute Gasteiger partial charge is 0.465 e. The molecule has 0 bridgehead atoms. The lowest BCUT2D eigenvalue weighted by atomic mass is 9.91. The van der Waals surface area contributed by atoms with Crippen LogP contribution in [0.4, 0.5) is 0 Å². The summed E-state index contributed by atoms with van der Waals surface area (Å²) in [4.78, 5) is 26.8. The maximum absolute atomic E-state index is 13.3. The third kappa shape index (κ3) is 6.33. The van der Waals surface area contributed by atoms with Crippen LogP contribution in [0, 0.1) is 0 Å². The molecule has 0 spiro atoms. The van der Waals surface area contributed by atoms with Gasteiger partial charge in [-0.3, -0.25) is 4.79 Å². The number of hydrogen-bond acceptors (Lipinski definition) is 6. The highest BCUT2D eigenvalue weighted by Crippen LogP contribution is 2.33. The van der Waals surface area contributed by atoms with Crippen molar-refractivity contribution >= 4 is 11.9 Å². The smallest absolute Gasteiger partial charge is 0.337 e. The number of aliphatic hydroxyl groups is 1. The number of amides is 1. The number of unbranched alkanes of at least 4 members (excludes halogenated alkanes) is 1. The van der Waals surface area contributed by atoms with E-state index in [9.17, 15) is 9.59 Å². The number of esters is 1. The van der Waals surface area contributed by atoms with Gasteiger partial charge >= 0.3 is 5.97 Å². The van der Waals surface area contributed by atoms with E-state index in [0.29, 0.717) is 30.8 Å². The number of likely N-dealkylation sites (N-methyl/N-ethyl adjacent to an activating group) is 1. The number of ether oxygens (including phenoxy) is 3. The Morgan fingerprint density at radius 2 is 1.84 bits per heavy atom. The van der Waals surface area contributed by atoms with Gasteiger partial charge < -0.3 is 24.2 Å². The van der Waals surface area contributed by atoms with Gasteiger partial charge in [-0.05, 0) is 49.5 Å². The molecule has 1 aliphatic carbocycles. The van der Waals surface area contributed by atoms with Gasteiger partial charge in [0, 0.05) is 32.0 Å². The second-order valence-electron chi connectivity index (χ2n) is 8.54. The summed E-state index contributed by atoms with van der Waals surface area (Å²) in [6.07, 6.45) is 8.86. The summed E-state index contributed by atoms with van der Waals surface area (Å²) in [5.74, 6) is -0.249. The fraction of sp³-hybridized carbons (Fsp3) is 0.600. The number of rotatable bonds is 9. The van der Waals surface area contributed by atoms with Gasteiger partial charge in [-0.2, -0.15) is 0 Å². The predicted octanol–water partition coefficient (Wildman–Crippen LogP) is 3.77. The monoisotopic (exact) mass is 445 g/mol. The zero-order valence-corrected chi connectivity index (χ0v) is 19.1. The van der Waals surface area contributed by atoms with Gasteiger partial charge in [0.05, 0.1) is 19.3 Å². The number of aliphatic hydroxyl groups excluding tert-OH is 1. The maximum atomic E-state index is 13.3. The Morgan fingerprint density at radius 1 is 1.12 bits per heavy atom. The molecule has 0 aromatic heterocycles. The number of hydrogen-bond donors (Lipinski definition) is 1. The molecule has 1 saturated carbocycles. The highest BCUT2D eigenvalue weighted by atomic mass is 16.7. The minimum atomic E-state index is -0.539. The minimum Gasteiger partial charge on any atom is -0.465 e. The molecule has 7 nitrogen and oxygen atoms in total. The first-order valence-electron chi connectivity index (χ1n) is 11.6. The Kier molecular flexibility index (Phi) is 9.11. The summed E-state index contributed by atoms with van der Waals surface area (Å²) >= 11 is 0. The van der Waals surface area contributed by atoms with Crippen LogP contribution in [0.5, 0.6) is 0 Å². The number of allylic oxidation sites excluding steroid dienone is 1. The molecule has 2 atom stereocenters. The lowest BCUT2D eigenvalue weighted by molar-refractivity contribution is -0.153. The number of carbonyl (C=O) groups excluding carboxylic acids is 2. The quantitative estimate of drug-likeness (QED) is 0.460. The average molecular weight is 446 g/mol.